The lowest BCUT2D eigenvalue weighted by Crippen LogP contribution is -2.59. The number of Topliss-reactive ketones (excluding diaryl/α,β-unsaturated/α-hetero) is 1. The largest absolute Gasteiger partial charge is 0.393 e. The normalized spacial score (nSPS) is 51.5. The zero-order valence-electron chi connectivity index (χ0n) is 18.5. The first kappa shape index (κ1) is 21.0. The molecular weight excluding hydrogens is 364 g/mol. The molecule has 160 valence electrons. The second-order valence-electron chi connectivity index (χ2n) is 11.1. The Hall–Kier alpha value is -1.29. The van der Waals surface area contributed by atoms with Gasteiger partial charge in [0.15, 0.2) is 5.78 Å². The summed E-state index contributed by atoms with van der Waals surface area (Å²) in [6, 6.07) is 0. The molecule has 4 rings (SSSR count). The van der Waals surface area contributed by atoms with Crippen molar-refractivity contribution in [1.29, 1.82) is 0 Å². The third-order valence-corrected chi connectivity index (χ3v) is 10.2. The summed E-state index contributed by atoms with van der Waals surface area (Å²) in [5.74, 6) is 0.762. The maximum atomic E-state index is 13.1. The number of carbonyl (C=O) groups excluding carboxylic acids is 3. The van der Waals surface area contributed by atoms with Gasteiger partial charge in [-0.15, -0.1) is 0 Å². The molecule has 4 aliphatic carbocycles. The molecule has 4 aliphatic rings. The number of aliphatic hydroxyl groups is 1. The van der Waals surface area contributed by atoms with Crippen molar-refractivity contribution in [2.45, 2.75) is 79.2 Å². The zero-order valence-corrected chi connectivity index (χ0v) is 18.5. The van der Waals surface area contributed by atoms with Gasteiger partial charge in [0.1, 0.15) is 12.1 Å². The van der Waals surface area contributed by atoms with E-state index in [4.69, 9.17) is 0 Å². The Morgan fingerprint density at radius 3 is 2.59 bits per heavy atom. The number of aldehydes is 1. The Morgan fingerprint density at radius 1 is 1.28 bits per heavy atom. The van der Waals surface area contributed by atoms with Gasteiger partial charge in [0.25, 0.3) is 0 Å². The van der Waals surface area contributed by atoms with E-state index in [1.165, 1.54) is 0 Å². The molecule has 3 fully saturated rings. The third kappa shape index (κ3) is 2.50. The van der Waals surface area contributed by atoms with E-state index < -0.39 is 17.4 Å². The summed E-state index contributed by atoms with van der Waals surface area (Å²) in [6.07, 6.45) is 6.53. The third-order valence-electron chi connectivity index (χ3n) is 10.2. The molecule has 0 aliphatic heterocycles. The minimum atomic E-state index is -0.586. The Bertz CT molecular complexity index is 784. The maximum Gasteiger partial charge on any atom is 0.165 e. The van der Waals surface area contributed by atoms with Gasteiger partial charge in [-0.05, 0) is 72.7 Å². The van der Waals surface area contributed by atoms with Gasteiger partial charge < -0.3 is 9.90 Å². The highest BCUT2D eigenvalue weighted by Crippen LogP contribution is 2.71. The Morgan fingerprint density at radius 2 is 1.97 bits per heavy atom. The predicted octanol–water partition coefficient (Wildman–Crippen LogP) is 4.15. The van der Waals surface area contributed by atoms with Gasteiger partial charge >= 0.3 is 0 Å². The fourth-order valence-corrected chi connectivity index (χ4v) is 8.45. The number of carbonyl (C=O) groups is 3. The summed E-state index contributed by atoms with van der Waals surface area (Å²) in [7, 11) is 0. The van der Waals surface area contributed by atoms with Crippen LogP contribution in [0.15, 0.2) is 11.6 Å². The highest BCUT2D eigenvalue weighted by Gasteiger charge is 2.68. The van der Waals surface area contributed by atoms with Crippen LogP contribution in [0.4, 0.5) is 0 Å². The standard InChI is InChI=1S/C25H36O4/c1-6-21(29)25(5)14(2)9-18-17-8-7-16-10-19(27)15(13-26)11-23(16,3)22(17)20(28)12-24(18,25)4/h10,13-15,17-18,20,22,28H,6-9,11-12H2,1-5H3/t14-,15?,17+,18+,20+,22-,23+,24+,25-/m1/s1. The van der Waals surface area contributed by atoms with Gasteiger partial charge in [0, 0.05) is 11.8 Å². The van der Waals surface area contributed by atoms with Crippen molar-refractivity contribution in [3.63, 3.8) is 0 Å². The van der Waals surface area contributed by atoms with Gasteiger partial charge in [-0.3, -0.25) is 9.59 Å². The van der Waals surface area contributed by atoms with Crippen LogP contribution in [0.1, 0.15) is 73.1 Å². The van der Waals surface area contributed by atoms with E-state index in [9.17, 15) is 19.5 Å². The average Bonchev–Trinajstić information content (AvgIpc) is 2.88. The molecule has 4 heteroatoms. The second kappa shape index (κ2) is 6.60. The highest BCUT2D eigenvalue weighted by molar-refractivity contribution is 6.02. The molecular formula is C25H36O4. The van der Waals surface area contributed by atoms with E-state index in [2.05, 4.69) is 27.7 Å². The van der Waals surface area contributed by atoms with Crippen LogP contribution in [-0.4, -0.2) is 29.1 Å². The number of ketones is 2. The lowest BCUT2D eigenvalue weighted by Gasteiger charge is -2.61. The van der Waals surface area contributed by atoms with E-state index in [-0.39, 0.29) is 22.5 Å². The van der Waals surface area contributed by atoms with Gasteiger partial charge in [-0.1, -0.05) is 40.2 Å². The van der Waals surface area contributed by atoms with Crippen molar-refractivity contribution in [3.05, 3.63) is 11.6 Å². The lowest BCUT2D eigenvalue weighted by molar-refractivity contribution is -0.162. The van der Waals surface area contributed by atoms with E-state index in [1.54, 1.807) is 6.08 Å². The highest BCUT2D eigenvalue weighted by atomic mass is 16.3. The van der Waals surface area contributed by atoms with E-state index in [0.29, 0.717) is 42.8 Å². The summed E-state index contributed by atoms with van der Waals surface area (Å²) < 4.78 is 0. The zero-order chi connectivity index (χ0) is 21.4. The molecule has 0 aromatic carbocycles. The SMILES string of the molecule is CCC(=O)[C@@]1(C)[C@H](C)C[C@H]2[C@@H]3CCC4=CC(=O)C(C=O)C[C@]4(C)[C@H]3[C@@H](O)C[C@@]21C. The summed E-state index contributed by atoms with van der Waals surface area (Å²) >= 11 is 0. The fraction of sp³-hybridized carbons (Fsp3) is 0.800. The number of allylic oxidation sites excluding steroid dienone is 1. The molecule has 0 aromatic heterocycles. The maximum absolute atomic E-state index is 13.1. The van der Waals surface area contributed by atoms with Crippen molar-refractivity contribution < 1.29 is 19.5 Å². The Balaban J connectivity index is 1.77. The van der Waals surface area contributed by atoms with Crippen molar-refractivity contribution in [1.82, 2.24) is 0 Å². The van der Waals surface area contributed by atoms with Crippen LogP contribution in [0.3, 0.4) is 0 Å². The smallest absolute Gasteiger partial charge is 0.165 e. The lowest BCUT2D eigenvalue weighted by atomic mass is 9.43. The van der Waals surface area contributed by atoms with Gasteiger partial charge in [-0.25, -0.2) is 0 Å². The van der Waals surface area contributed by atoms with Crippen LogP contribution in [0.5, 0.6) is 0 Å². The number of rotatable bonds is 3. The number of hydrogen-bond acceptors (Lipinski definition) is 4. The second-order valence-corrected chi connectivity index (χ2v) is 11.1. The molecule has 3 saturated carbocycles. The molecule has 0 spiro atoms. The molecule has 9 atom stereocenters. The molecule has 0 radical (unpaired) electrons. The topological polar surface area (TPSA) is 71.4 Å². The van der Waals surface area contributed by atoms with Crippen molar-refractivity contribution in [2.24, 2.45) is 45.8 Å². The molecule has 0 aromatic rings. The van der Waals surface area contributed by atoms with Crippen LogP contribution in [-0.2, 0) is 14.4 Å². The number of aliphatic hydroxyl groups excluding tert-OH is 1. The molecule has 1 N–H and O–H groups in total. The number of fused-ring (bicyclic) bond motifs is 5. The summed E-state index contributed by atoms with van der Waals surface area (Å²) in [5.41, 5.74) is 0.221. The fourth-order valence-electron chi connectivity index (χ4n) is 8.45. The molecule has 1 unspecified atom stereocenters. The van der Waals surface area contributed by atoms with E-state index in [0.717, 1.165) is 31.1 Å². The summed E-state index contributed by atoms with van der Waals surface area (Å²) in [6.45, 7) is 10.7. The first-order valence-corrected chi connectivity index (χ1v) is 11.5. The van der Waals surface area contributed by atoms with Crippen molar-refractivity contribution >= 4 is 17.9 Å². The van der Waals surface area contributed by atoms with Gasteiger partial charge in [-0.2, -0.15) is 0 Å². The molecule has 0 bridgehead atoms. The first-order chi connectivity index (χ1) is 13.5. The Labute approximate surface area is 174 Å². The minimum absolute atomic E-state index is 0.0578. The predicted molar refractivity (Wildman–Crippen MR) is 111 cm³/mol. The van der Waals surface area contributed by atoms with Gasteiger partial charge in [0.2, 0.25) is 0 Å². The summed E-state index contributed by atoms with van der Waals surface area (Å²) in [5, 5.41) is 11.5. The molecule has 0 saturated heterocycles. The molecule has 29 heavy (non-hydrogen) atoms. The van der Waals surface area contributed by atoms with Crippen LogP contribution in [0.25, 0.3) is 0 Å². The van der Waals surface area contributed by atoms with Crippen molar-refractivity contribution in [2.75, 3.05) is 0 Å². The van der Waals surface area contributed by atoms with Crippen molar-refractivity contribution in [3.8, 4) is 0 Å². The monoisotopic (exact) mass is 400 g/mol. The molecule has 0 amide bonds. The number of hydrogen-bond donors (Lipinski definition) is 1. The summed E-state index contributed by atoms with van der Waals surface area (Å²) in [4.78, 5) is 37.0. The van der Waals surface area contributed by atoms with E-state index >= 15 is 0 Å². The molecule has 0 heterocycles. The van der Waals surface area contributed by atoms with Crippen LogP contribution >= 0.6 is 0 Å². The van der Waals surface area contributed by atoms with Crippen LogP contribution < -0.4 is 0 Å². The van der Waals surface area contributed by atoms with E-state index in [1.807, 2.05) is 6.92 Å². The molecule has 4 nitrogen and oxygen atoms in total. The first-order valence-electron chi connectivity index (χ1n) is 11.5. The average molecular weight is 401 g/mol. The van der Waals surface area contributed by atoms with Crippen LogP contribution in [0.2, 0.25) is 0 Å². The minimum Gasteiger partial charge on any atom is -0.393 e. The Kier molecular flexibility index (Phi) is 4.77. The van der Waals surface area contributed by atoms with Crippen LogP contribution in [0, 0.1) is 45.8 Å². The quantitative estimate of drug-likeness (QED) is 0.571. The van der Waals surface area contributed by atoms with Gasteiger partial charge in [0.05, 0.1) is 12.0 Å².